The van der Waals surface area contributed by atoms with Crippen LogP contribution in [-0.2, 0) is 14.3 Å². The molecule has 0 bridgehead atoms. The number of carbonyl (C=O) groups is 2. The van der Waals surface area contributed by atoms with E-state index in [1.165, 1.54) is 6.21 Å². The van der Waals surface area contributed by atoms with Crippen molar-refractivity contribution < 1.29 is 23.8 Å². The standard InChI is InChI=1S/C26H26Br2N4O5S/c1-4-10-36-24-18(27)11-16(12-19(24)28)13-29-32-21(33)14-37-20-9-7-6-8-17(20)23-22(25(34)35-5-2)15(3)30-26(38)31-23/h4,6-9,11-13,23H,1,5,10,14H2,2-3H3,(H,32,33)(H2,30,31,38)/t23-/m0/s1. The van der Waals surface area contributed by atoms with Crippen molar-refractivity contribution in [1.82, 2.24) is 16.1 Å². The van der Waals surface area contributed by atoms with Crippen LogP contribution in [0.2, 0.25) is 0 Å². The van der Waals surface area contributed by atoms with Crippen LogP contribution in [0, 0.1) is 0 Å². The first-order valence-electron chi connectivity index (χ1n) is 11.5. The van der Waals surface area contributed by atoms with Gasteiger partial charge in [-0.25, -0.2) is 10.2 Å². The summed E-state index contributed by atoms with van der Waals surface area (Å²) in [6.07, 6.45) is 3.15. The van der Waals surface area contributed by atoms with Crippen LogP contribution in [-0.4, -0.2) is 43.0 Å². The summed E-state index contributed by atoms with van der Waals surface area (Å²) >= 11 is 12.2. The lowest BCUT2D eigenvalue weighted by molar-refractivity contribution is -0.139. The molecule has 0 unspecified atom stereocenters. The first-order chi connectivity index (χ1) is 18.2. The van der Waals surface area contributed by atoms with Gasteiger partial charge < -0.3 is 24.8 Å². The van der Waals surface area contributed by atoms with Gasteiger partial charge in [-0.3, -0.25) is 4.79 Å². The first-order valence-corrected chi connectivity index (χ1v) is 13.5. The molecule has 0 aliphatic carbocycles. The lowest BCUT2D eigenvalue weighted by Gasteiger charge is -2.30. The molecule has 1 aliphatic heterocycles. The molecule has 1 heterocycles. The van der Waals surface area contributed by atoms with Crippen LogP contribution < -0.4 is 25.5 Å². The van der Waals surface area contributed by atoms with Crippen molar-refractivity contribution >= 4 is 67.3 Å². The van der Waals surface area contributed by atoms with Crippen LogP contribution in [0.1, 0.15) is 31.0 Å². The average molecular weight is 666 g/mol. The van der Waals surface area contributed by atoms with Gasteiger partial charge in [0.05, 0.1) is 33.4 Å². The third kappa shape index (κ3) is 7.65. The average Bonchev–Trinajstić information content (AvgIpc) is 2.87. The summed E-state index contributed by atoms with van der Waals surface area (Å²) in [7, 11) is 0. The molecule has 38 heavy (non-hydrogen) atoms. The molecule has 1 amide bonds. The maximum Gasteiger partial charge on any atom is 0.338 e. The summed E-state index contributed by atoms with van der Waals surface area (Å²) in [5, 5.41) is 10.4. The number of hydrogen-bond donors (Lipinski definition) is 3. The second kappa shape index (κ2) is 14.1. The minimum Gasteiger partial charge on any atom is -0.487 e. The molecule has 200 valence electrons. The molecule has 0 fully saturated rings. The number of carbonyl (C=O) groups excluding carboxylic acids is 2. The Bertz CT molecular complexity index is 1280. The number of allylic oxidation sites excluding steroid dienone is 1. The molecule has 1 atom stereocenters. The number of thiocarbonyl (C=S) groups is 1. The van der Waals surface area contributed by atoms with Gasteiger partial charge >= 0.3 is 5.97 Å². The van der Waals surface area contributed by atoms with Gasteiger partial charge in [-0.2, -0.15) is 5.10 Å². The Kier molecular flexibility index (Phi) is 10.9. The fourth-order valence-corrected chi connectivity index (χ4v) is 5.27. The van der Waals surface area contributed by atoms with Gasteiger partial charge in [0.25, 0.3) is 5.91 Å². The van der Waals surface area contributed by atoms with E-state index in [0.29, 0.717) is 40.1 Å². The normalized spacial score (nSPS) is 14.9. The van der Waals surface area contributed by atoms with Crippen molar-refractivity contribution in [3.63, 3.8) is 0 Å². The lowest BCUT2D eigenvalue weighted by Crippen LogP contribution is -2.45. The summed E-state index contributed by atoms with van der Waals surface area (Å²) in [5.74, 6) is 0.105. The summed E-state index contributed by atoms with van der Waals surface area (Å²) in [5.41, 5.74) is 4.76. The predicted molar refractivity (Wildman–Crippen MR) is 156 cm³/mol. The van der Waals surface area contributed by atoms with Crippen LogP contribution in [0.25, 0.3) is 0 Å². The molecule has 2 aromatic carbocycles. The highest BCUT2D eigenvalue weighted by molar-refractivity contribution is 9.11. The maximum atomic E-state index is 12.7. The molecule has 3 N–H and O–H groups in total. The molecule has 2 aromatic rings. The summed E-state index contributed by atoms with van der Waals surface area (Å²) in [4.78, 5) is 25.1. The van der Waals surface area contributed by atoms with Crippen LogP contribution in [0.5, 0.6) is 11.5 Å². The monoisotopic (exact) mass is 664 g/mol. The van der Waals surface area contributed by atoms with E-state index < -0.39 is 17.9 Å². The molecule has 1 aliphatic rings. The quantitative estimate of drug-likeness (QED) is 0.105. The summed E-state index contributed by atoms with van der Waals surface area (Å²) < 4.78 is 18.1. The second-order valence-electron chi connectivity index (χ2n) is 7.82. The zero-order valence-electron chi connectivity index (χ0n) is 20.7. The fraction of sp³-hybridized carbons (Fsp3) is 0.231. The van der Waals surface area contributed by atoms with Crippen molar-refractivity contribution in [2.75, 3.05) is 19.8 Å². The Morgan fingerprint density at radius 2 is 1.92 bits per heavy atom. The van der Waals surface area contributed by atoms with Gasteiger partial charge in [0, 0.05) is 11.3 Å². The van der Waals surface area contributed by atoms with E-state index in [-0.39, 0.29) is 13.2 Å². The fourth-order valence-electron chi connectivity index (χ4n) is 3.55. The summed E-state index contributed by atoms with van der Waals surface area (Å²) in [6, 6.07) is 10.1. The van der Waals surface area contributed by atoms with Gasteiger partial charge in [0.2, 0.25) is 0 Å². The number of rotatable bonds is 11. The molecule has 0 saturated heterocycles. The Morgan fingerprint density at radius 3 is 2.61 bits per heavy atom. The zero-order valence-corrected chi connectivity index (χ0v) is 24.7. The molecule has 9 nitrogen and oxygen atoms in total. The number of hydrazone groups is 1. The number of nitrogens with one attached hydrogen (secondary N) is 3. The minimum atomic E-state index is -0.615. The van der Waals surface area contributed by atoms with Crippen molar-refractivity contribution in [3.8, 4) is 11.5 Å². The van der Waals surface area contributed by atoms with Crippen LogP contribution in [0.3, 0.4) is 0 Å². The highest BCUT2D eigenvalue weighted by Gasteiger charge is 2.32. The molecule has 0 saturated carbocycles. The van der Waals surface area contributed by atoms with Crippen LogP contribution in [0.4, 0.5) is 0 Å². The smallest absolute Gasteiger partial charge is 0.338 e. The third-order valence-electron chi connectivity index (χ3n) is 5.12. The number of ether oxygens (including phenoxy) is 3. The van der Waals surface area contributed by atoms with E-state index in [9.17, 15) is 9.59 Å². The van der Waals surface area contributed by atoms with E-state index in [0.717, 1.165) is 14.5 Å². The first kappa shape index (κ1) is 29.3. The van der Waals surface area contributed by atoms with Crippen molar-refractivity contribution in [3.05, 3.63) is 80.4 Å². The van der Waals surface area contributed by atoms with E-state index in [1.807, 2.05) is 0 Å². The number of esters is 1. The van der Waals surface area contributed by atoms with Gasteiger partial charge in [-0.1, -0.05) is 30.9 Å². The Hall–Kier alpha value is -3.22. The largest absolute Gasteiger partial charge is 0.487 e. The van der Waals surface area contributed by atoms with Crippen molar-refractivity contribution in [1.29, 1.82) is 0 Å². The molecular formula is C26H26Br2N4O5S. The van der Waals surface area contributed by atoms with E-state index in [4.69, 9.17) is 26.4 Å². The molecular weight excluding hydrogens is 640 g/mol. The van der Waals surface area contributed by atoms with Gasteiger partial charge in [0.15, 0.2) is 11.7 Å². The lowest BCUT2D eigenvalue weighted by atomic mass is 9.95. The molecule has 12 heteroatoms. The number of hydrogen-bond acceptors (Lipinski definition) is 7. The highest BCUT2D eigenvalue weighted by Crippen LogP contribution is 2.35. The van der Waals surface area contributed by atoms with E-state index in [1.54, 1.807) is 56.3 Å². The minimum absolute atomic E-state index is 0.229. The second-order valence-corrected chi connectivity index (χ2v) is 9.94. The van der Waals surface area contributed by atoms with Gasteiger partial charge in [0.1, 0.15) is 18.1 Å². The number of halogens is 2. The van der Waals surface area contributed by atoms with Gasteiger partial charge in [-0.05, 0) is 81.7 Å². The van der Waals surface area contributed by atoms with Crippen LogP contribution >= 0.6 is 44.1 Å². The van der Waals surface area contributed by atoms with E-state index in [2.05, 4.69) is 59.6 Å². The Labute approximate surface area is 242 Å². The molecule has 3 rings (SSSR count). The summed E-state index contributed by atoms with van der Waals surface area (Å²) in [6.45, 7) is 7.42. The maximum absolute atomic E-state index is 12.7. The third-order valence-corrected chi connectivity index (χ3v) is 6.52. The molecule has 0 aromatic heterocycles. The number of para-hydroxylation sites is 1. The van der Waals surface area contributed by atoms with Crippen molar-refractivity contribution in [2.45, 2.75) is 19.9 Å². The zero-order chi connectivity index (χ0) is 27.7. The molecule has 0 radical (unpaired) electrons. The topological polar surface area (TPSA) is 110 Å². The SMILES string of the molecule is C=CCOc1c(Br)cc(C=NNC(=O)COc2ccccc2[C@@H]2NC(=S)NC(C)=C2C(=O)OCC)cc1Br. The number of amides is 1. The van der Waals surface area contributed by atoms with E-state index >= 15 is 0 Å². The molecule has 0 spiro atoms. The Balaban J connectivity index is 1.68. The number of benzene rings is 2. The van der Waals surface area contributed by atoms with Gasteiger partial charge in [-0.15, -0.1) is 0 Å². The number of nitrogens with zero attached hydrogens (tertiary/aromatic N) is 1. The van der Waals surface area contributed by atoms with Crippen molar-refractivity contribution in [2.24, 2.45) is 5.10 Å². The van der Waals surface area contributed by atoms with Crippen LogP contribution in [0.15, 0.2) is 74.4 Å². The Morgan fingerprint density at radius 1 is 1.21 bits per heavy atom. The highest BCUT2D eigenvalue weighted by atomic mass is 79.9. The predicted octanol–water partition coefficient (Wildman–Crippen LogP) is 4.66.